The molecule has 2 aromatic rings. The Morgan fingerprint density at radius 1 is 1.36 bits per heavy atom. The van der Waals surface area contributed by atoms with Crippen molar-refractivity contribution < 1.29 is 4.74 Å². The Morgan fingerprint density at radius 3 is 2.82 bits per heavy atom. The van der Waals surface area contributed by atoms with Crippen LogP contribution in [-0.2, 0) is 6.54 Å². The van der Waals surface area contributed by atoms with Gasteiger partial charge in [0.15, 0.2) is 5.96 Å². The first-order valence-corrected chi connectivity index (χ1v) is 8.23. The Hall–Kier alpha value is -2.08. The monoisotopic (exact) mass is 318 g/mol. The molecule has 0 radical (unpaired) electrons. The SMILES string of the molecule is CCCCNC(N)=NCc1csc(-c2ccc(OC)cc2)n1. The fraction of sp³-hybridized carbons (Fsp3) is 0.375. The summed E-state index contributed by atoms with van der Waals surface area (Å²) in [6.45, 7) is 3.50. The van der Waals surface area contributed by atoms with Crippen LogP contribution in [0.4, 0.5) is 0 Å². The van der Waals surface area contributed by atoms with Gasteiger partial charge < -0.3 is 15.8 Å². The van der Waals surface area contributed by atoms with Crippen LogP contribution in [0.5, 0.6) is 5.75 Å². The molecule has 0 saturated heterocycles. The number of thiazole rings is 1. The van der Waals surface area contributed by atoms with Gasteiger partial charge in [0.25, 0.3) is 0 Å². The van der Waals surface area contributed by atoms with Crippen molar-refractivity contribution in [1.82, 2.24) is 10.3 Å². The fourth-order valence-corrected chi connectivity index (χ4v) is 2.68. The minimum atomic E-state index is 0.479. The molecule has 1 aromatic carbocycles. The van der Waals surface area contributed by atoms with Crippen molar-refractivity contribution in [3.05, 3.63) is 35.3 Å². The van der Waals surface area contributed by atoms with Gasteiger partial charge in [-0.25, -0.2) is 9.98 Å². The summed E-state index contributed by atoms with van der Waals surface area (Å²) >= 11 is 1.61. The number of nitrogens with one attached hydrogen (secondary N) is 1. The Labute approximate surface area is 135 Å². The normalized spacial score (nSPS) is 11.5. The van der Waals surface area contributed by atoms with E-state index in [0.717, 1.165) is 41.4 Å². The lowest BCUT2D eigenvalue weighted by atomic mass is 10.2. The maximum Gasteiger partial charge on any atom is 0.188 e. The van der Waals surface area contributed by atoms with Gasteiger partial charge in [-0.05, 0) is 30.7 Å². The highest BCUT2D eigenvalue weighted by atomic mass is 32.1. The molecule has 0 unspecified atom stereocenters. The van der Waals surface area contributed by atoms with Crippen molar-refractivity contribution in [1.29, 1.82) is 0 Å². The van der Waals surface area contributed by atoms with Gasteiger partial charge in [0, 0.05) is 17.5 Å². The molecule has 1 aromatic heterocycles. The van der Waals surface area contributed by atoms with E-state index in [1.165, 1.54) is 0 Å². The van der Waals surface area contributed by atoms with E-state index < -0.39 is 0 Å². The van der Waals surface area contributed by atoms with Crippen molar-refractivity contribution in [3.8, 4) is 16.3 Å². The number of nitrogens with zero attached hydrogens (tertiary/aromatic N) is 2. The number of rotatable bonds is 7. The number of benzene rings is 1. The zero-order valence-corrected chi connectivity index (χ0v) is 13.8. The van der Waals surface area contributed by atoms with Gasteiger partial charge >= 0.3 is 0 Å². The lowest BCUT2D eigenvalue weighted by Crippen LogP contribution is -2.32. The minimum Gasteiger partial charge on any atom is -0.497 e. The number of aromatic nitrogens is 1. The molecule has 22 heavy (non-hydrogen) atoms. The Balaban J connectivity index is 1.94. The van der Waals surface area contributed by atoms with Crippen molar-refractivity contribution >= 4 is 17.3 Å². The topological polar surface area (TPSA) is 72.5 Å². The molecule has 0 spiro atoms. The number of unbranched alkanes of at least 4 members (excludes halogenated alkanes) is 1. The molecule has 6 heteroatoms. The molecule has 0 bridgehead atoms. The molecule has 0 aliphatic carbocycles. The third-order valence-electron chi connectivity index (χ3n) is 3.14. The summed E-state index contributed by atoms with van der Waals surface area (Å²) in [5.74, 6) is 1.32. The Morgan fingerprint density at radius 2 is 2.14 bits per heavy atom. The van der Waals surface area contributed by atoms with E-state index in [0.29, 0.717) is 12.5 Å². The van der Waals surface area contributed by atoms with E-state index in [1.54, 1.807) is 18.4 Å². The lowest BCUT2D eigenvalue weighted by molar-refractivity contribution is 0.415. The van der Waals surface area contributed by atoms with Crippen LogP contribution in [0.25, 0.3) is 10.6 Å². The highest BCUT2D eigenvalue weighted by Gasteiger charge is 2.05. The number of methoxy groups -OCH3 is 1. The van der Waals surface area contributed by atoms with Crippen LogP contribution in [-0.4, -0.2) is 24.6 Å². The predicted octanol–water partition coefficient (Wildman–Crippen LogP) is 3.02. The van der Waals surface area contributed by atoms with Gasteiger partial charge in [-0.15, -0.1) is 11.3 Å². The van der Waals surface area contributed by atoms with Crippen molar-refractivity contribution in [3.63, 3.8) is 0 Å². The molecule has 0 atom stereocenters. The summed E-state index contributed by atoms with van der Waals surface area (Å²) in [5, 5.41) is 6.09. The molecule has 118 valence electrons. The molecule has 5 nitrogen and oxygen atoms in total. The van der Waals surface area contributed by atoms with Crippen molar-refractivity contribution in [2.75, 3.05) is 13.7 Å². The van der Waals surface area contributed by atoms with E-state index in [4.69, 9.17) is 10.5 Å². The second-order valence-electron chi connectivity index (χ2n) is 4.85. The van der Waals surface area contributed by atoms with Crippen molar-refractivity contribution in [2.45, 2.75) is 26.3 Å². The predicted molar refractivity (Wildman–Crippen MR) is 92.3 cm³/mol. The van der Waals surface area contributed by atoms with Gasteiger partial charge in [-0.1, -0.05) is 13.3 Å². The maximum absolute atomic E-state index is 5.81. The van der Waals surface area contributed by atoms with Crippen LogP contribution < -0.4 is 15.8 Å². The number of guanidine groups is 1. The van der Waals surface area contributed by atoms with Gasteiger partial charge in [-0.2, -0.15) is 0 Å². The largest absolute Gasteiger partial charge is 0.497 e. The first-order chi connectivity index (χ1) is 10.7. The van der Waals surface area contributed by atoms with Gasteiger partial charge in [0.2, 0.25) is 0 Å². The first-order valence-electron chi connectivity index (χ1n) is 7.35. The third-order valence-corrected chi connectivity index (χ3v) is 4.08. The van der Waals surface area contributed by atoms with E-state index >= 15 is 0 Å². The Kier molecular flexibility index (Phi) is 6.21. The molecular weight excluding hydrogens is 296 g/mol. The van der Waals surface area contributed by atoms with E-state index in [-0.39, 0.29) is 0 Å². The number of aliphatic imine (C=N–C) groups is 1. The average molecular weight is 318 g/mol. The number of hydrogen-bond acceptors (Lipinski definition) is 4. The summed E-state index contributed by atoms with van der Waals surface area (Å²) in [5.41, 5.74) is 7.82. The average Bonchev–Trinajstić information content (AvgIpc) is 3.02. The highest BCUT2D eigenvalue weighted by molar-refractivity contribution is 7.13. The zero-order chi connectivity index (χ0) is 15.8. The van der Waals surface area contributed by atoms with Gasteiger partial charge in [-0.3, -0.25) is 0 Å². The zero-order valence-electron chi connectivity index (χ0n) is 13.0. The van der Waals surface area contributed by atoms with Crippen LogP contribution in [0.1, 0.15) is 25.5 Å². The van der Waals surface area contributed by atoms with Crippen molar-refractivity contribution in [2.24, 2.45) is 10.7 Å². The maximum atomic E-state index is 5.81. The number of ether oxygens (including phenoxy) is 1. The lowest BCUT2D eigenvalue weighted by Gasteiger charge is -2.03. The smallest absolute Gasteiger partial charge is 0.188 e. The summed E-state index contributed by atoms with van der Waals surface area (Å²) in [6, 6.07) is 7.88. The summed E-state index contributed by atoms with van der Waals surface area (Å²) in [7, 11) is 1.66. The van der Waals surface area contributed by atoms with Crippen LogP contribution in [0.15, 0.2) is 34.6 Å². The summed E-state index contributed by atoms with van der Waals surface area (Å²) in [6.07, 6.45) is 2.23. The molecular formula is C16H22N4OS. The molecule has 0 aliphatic heterocycles. The second kappa shape index (κ2) is 8.38. The second-order valence-corrected chi connectivity index (χ2v) is 5.71. The molecule has 2 rings (SSSR count). The van der Waals surface area contributed by atoms with Gasteiger partial charge in [0.05, 0.1) is 19.3 Å². The fourth-order valence-electron chi connectivity index (χ4n) is 1.86. The van der Waals surface area contributed by atoms with E-state index in [2.05, 4.69) is 22.2 Å². The molecule has 0 amide bonds. The van der Waals surface area contributed by atoms with Gasteiger partial charge in [0.1, 0.15) is 10.8 Å². The quantitative estimate of drug-likeness (QED) is 0.467. The Bertz CT molecular complexity index is 607. The van der Waals surface area contributed by atoms with Crippen LogP contribution in [0, 0.1) is 0 Å². The van der Waals surface area contributed by atoms with E-state index in [9.17, 15) is 0 Å². The molecule has 0 saturated carbocycles. The molecule has 0 fully saturated rings. The summed E-state index contributed by atoms with van der Waals surface area (Å²) < 4.78 is 5.16. The van der Waals surface area contributed by atoms with E-state index in [1.807, 2.05) is 29.6 Å². The van der Waals surface area contributed by atoms with Crippen LogP contribution in [0.2, 0.25) is 0 Å². The molecule has 0 aliphatic rings. The van der Waals surface area contributed by atoms with Crippen LogP contribution >= 0.6 is 11.3 Å². The first kappa shape index (κ1) is 16.3. The number of nitrogens with two attached hydrogens (primary N) is 1. The third kappa shape index (κ3) is 4.73. The number of hydrogen-bond donors (Lipinski definition) is 2. The molecule has 1 heterocycles. The standard InChI is InChI=1S/C16H22N4OS/c1-3-4-9-18-16(17)19-10-13-11-22-15(20-13)12-5-7-14(21-2)8-6-12/h5-8,11H,3-4,9-10H2,1-2H3,(H3,17,18,19). The highest BCUT2D eigenvalue weighted by Crippen LogP contribution is 2.25. The minimum absolute atomic E-state index is 0.479. The molecule has 3 N–H and O–H groups in total. The summed E-state index contributed by atoms with van der Waals surface area (Å²) in [4.78, 5) is 8.90. The van der Waals surface area contributed by atoms with Crippen LogP contribution in [0.3, 0.4) is 0 Å².